The Bertz CT molecular complexity index is 2070. The number of likely N-dealkylation sites (N-methyl/N-ethyl adjacent to an activating group) is 1. The van der Waals surface area contributed by atoms with Crippen LogP contribution in [0.1, 0.15) is 44.2 Å². The van der Waals surface area contributed by atoms with E-state index in [4.69, 9.17) is 38.9 Å². The molecule has 304 valence electrons. The first-order chi connectivity index (χ1) is 26.8. The molecule has 13 nitrogen and oxygen atoms in total. The molecule has 1 fully saturated rings. The van der Waals surface area contributed by atoms with E-state index in [0.717, 1.165) is 45.6 Å². The SMILES string of the molecule is CCOc1c(OCC[Si](C)(C)C)n(COCC[Si](C)(C)C)c2c1c(C1CCC(OCCOC)(C(=O)NC)CC1)nc1c(-c3cnn(-c4ccccc4)c3)cnn12. The van der Waals surface area contributed by atoms with Crippen LogP contribution in [0.5, 0.6) is 11.6 Å². The second kappa shape index (κ2) is 17.6. The Kier molecular flexibility index (Phi) is 13.1. The van der Waals surface area contributed by atoms with E-state index >= 15 is 0 Å². The molecular formula is C41H61N7O6Si2. The Balaban J connectivity index is 1.53. The predicted octanol–water partition coefficient (Wildman–Crippen LogP) is 7.77. The first-order valence-corrected chi connectivity index (χ1v) is 27.4. The van der Waals surface area contributed by atoms with E-state index in [0.29, 0.717) is 76.0 Å². The van der Waals surface area contributed by atoms with Crippen molar-refractivity contribution >= 4 is 38.7 Å². The lowest BCUT2D eigenvalue weighted by atomic mass is 9.76. The van der Waals surface area contributed by atoms with Crippen LogP contribution in [0, 0.1) is 0 Å². The third-order valence-electron chi connectivity index (χ3n) is 10.6. The van der Waals surface area contributed by atoms with Gasteiger partial charge >= 0.3 is 0 Å². The van der Waals surface area contributed by atoms with Crippen LogP contribution >= 0.6 is 0 Å². The van der Waals surface area contributed by atoms with Gasteiger partial charge in [0, 0.05) is 60.2 Å². The van der Waals surface area contributed by atoms with E-state index in [2.05, 4.69) is 49.2 Å². The summed E-state index contributed by atoms with van der Waals surface area (Å²) in [5.74, 6) is 1.18. The molecule has 0 spiro atoms. The Morgan fingerprint density at radius 3 is 2.30 bits per heavy atom. The molecule has 0 atom stereocenters. The van der Waals surface area contributed by atoms with Gasteiger partial charge in [-0.15, -0.1) is 0 Å². The maximum absolute atomic E-state index is 13.4. The average Bonchev–Trinajstić information content (AvgIpc) is 3.89. The number of methoxy groups -OCH3 is 1. The number of aromatic nitrogens is 6. The van der Waals surface area contributed by atoms with Crippen molar-refractivity contribution in [2.24, 2.45) is 0 Å². The minimum atomic E-state index is -1.42. The van der Waals surface area contributed by atoms with Crippen LogP contribution in [0.25, 0.3) is 33.5 Å². The molecule has 1 N–H and O–H groups in total. The van der Waals surface area contributed by atoms with Crippen LogP contribution in [0.3, 0.4) is 0 Å². The summed E-state index contributed by atoms with van der Waals surface area (Å²) in [6.45, 7) is 18.8. The summed E-state index contributed by atoms with van der Waals surface area (Å²) in [7, 11) is 0.539. The molecule has 1 amide bonds. The number of amides is 1. The fraction of sp³-hybridized carbons (Fsp3) is 0.561. The number of rotatable bonds is 19. The third kappa shape index (κ3) is 9.23. The minimum absolute atomic E-state index is 0.00111. The second-order valence-electron chi connectivity index (χ2n) is 17.2. The number of ether oxygens (including phenoxy) is 5. The number of para-hydroxylation sites is 1. The molecule has 1 aliphatic carbocycles. The van der Waals surface area contributed by atoms with Crippen molar-refractivity contribution in [1.29, 1.82) is 0 Å². The lowest BCUT2D eigenvalue weighted by Crippen LogP contribution is -2.50. The van der Waals surface area contributed by atoms with Gasteiger partial charge in [-0.1, -0.05) is 57.5 Å². The highest BCUT2D eigenvalue weighted by Gasteiger charge is 2.44. The van der Waals surface area contributed by atoms with Gasteiger partial charge in [-0.05, 0) is 56.8 Å². The monoisotopic (exact) mass is 803 g/mol. The zero-order valence-corrected chi connectivity index (χ0v) is 36.8. The smallest absolute Gasteiger partial charge is 0.251 e. The van der Waals surface area contributed by atoms with E-state index < -0.39 is 21.7 Å². The van der Waals surface area contributed by atoms with Gasteiger partial charge in [-0.25, -0.2) is 9.67 Å². The van der Waals surface area contributed by atoms with E-state index in [9.17, 15) is 4.79 Å². The zero-order valence-electron chi connectivity index (χ0n) is 34.8. The summed E-state index contributed by atoms with van der Waals surface area (Å²) in [4.78, 5) is 18.9. The number of hydrogen-bond donors (Lipinski definition) is 1. The molecule has 0 unspecified atom stereocenters. The lowest BCUT2D eigenvalue weighted by Gasteiger charge is -2.38. The summed E-state index contributed by atoms with van der Waals surface area (Å²) in [5, 5.41) is 13.4. The molecule has 4 aromatic heterocycles. The van der Waals surface area contributed by atoms with Gasteiger partial charge in [-0.2, -0.15) is 14.7 Å². The number of benzene rings is 1. The fourth-order valence-corrected chi connectivity index (χ4v) is 8.81. The van der Waals surface area contributed by atoms with Crippen molar-refractivity contribution in [2.75, 3.05) is 47.2 Å². The van der Waals surface area contributed by atoms with Crippen molar-refractivity contribution in [2.45, 2.75) is 102 Å². The molecule has 0 aliphatic heterocycles. The van der Waals surface area contributed by atoms with Crippen LogP contribution in [0.4, 0.5) is 0 Å². The maximum atomic E-state index is 13.4. The molecule has 1 aromatic carbocycles. The predicted molar refractivity (Wildman–Crippen MR) is 226 cm³/mol. The fourth-order valence-electron chi connectivity index (χ4n) is 7.34. The highest BCUT2D eigenvalue weighted by Crippen LogP contribution is 2.48. The van der Waals surface area contributed by atoms with Crippen molar-refractivity contribution in [1.82, 2.24) is 34.3 Å². The van der Waals surface area contributed by atoms with Gasteiger partial charge in [0.15, 0.2) is 17.0 Å². The van der Waals surface area contributed by atoms with Gasteiger partial charge in [0.1, 0.15) is 12.3 Å². The zero-order chi connectivity index (χ0) is 40.1. The summed E-state index contributed by atoms with van der Waals surface area (Å²) in [6, 6.07) is 12.1. The van der Waals surface area contributed by atoms with Crippen LogP contribution in [-0.2, 0) is 25.7 Å². The highest BCUT2D eigenvalue weighted by molar-refractivity contribution is 6.76. The molecule has 0 radical (unpaired) electrons. The molecule has 0 saturated heterocycles. The van der Waals surface area contributed by atoms with E-state index in [1.54, 1.807) is 14.2 Å². The quantitative estimate of drug-likeness (QED) is 0.0658. The van der Waals surface area contributed by atoms with Gasteiger partial charge in [0.05, 0.1) is 55.6 Å². The van der Waals surface area contributed by atoms with Crippen LogP contribution in [-0.4, -0.2) is 104 Å². The third-order valence-corrected chi connectivity index (χ3v) is 14.0. The van der Waals surface area contributed by atoms with Crippen LogP contribution < -0.4 is 14.8 Å². The van der Waals surface area contributed by atoms with Crippen molar-refractivity contribution in [3.05, 3.63) is 54.6 Å². The summed E-state index contributed by atoms with van der Waals surface area (Å²) in [5.41, 5.74) is 4.20. The normalized spacial score (nSPS) is 17.8. The van der Waals surface area contributed by atoms with E-state index in [1.165, 1.54) is 0 Å². The maximum Gasteiger partial charge on any atom is 0.251 e. The van der Waals surface area contributed by atoms with E-state index in [1.807, 2.05) is 65.0 Å². The first-order valence-electron chi connectivity index (χ1n) is 20.0. The van der Waals surface area contributed by atoms with Crippen molar-refractivity contribution in [3.8, 4) is 28.4 Å². The summed E-state index contributed by atoms with van der Waals surface area (Å²) >= 11 is 0. The number of hydrogen-bond acceptors (Lipinski definition) is 9. The Morgan fingerprint density at radius 1 is 0.929 bits per heavy atom. The number of carbonyl (C=O) groups is 1. The van der Waals surface area contributed by atoms with E-state index in [-0.39, 0.29) is 18.6 Å². The standard InChI is InChI=1S/C41H61N7O6Si2/c1-10-52-36-34-35(30-16-18-41(19-17-30,40(49)42-2)54-21-20-50-3)45-37-33(31-26-43-47(28-31)32-14-12-11-13-15-32)27-44-48(37)38(34)46(29-51-22-24-55(4,5)6)39(36)53-23-25-56(7,8)9/h11-15,26-28,30H,10,16-25,29H2,1-9H3,(H,42,49). The second-order valence-corrected chi connectivity index (χ2v) is 28.4. The highest BCUT2D eigenvalue weighted by atomic mass is 28.3. The van der Waals surface area contributed by atoms with Gasteiger partial charge < -0.3 is 29.0 Å². The number of carbonyl (C=O) groups excluding carboxylic acids is 1. The number of nitrogens with one attached hydrogen (secondary N) is 1. The summed E-state index contributed by atoms with van der Waals surface area (Å²) < 4.78 is 37.3. The Labute approximate surface area is 333 Å². The Hall–Kier alpha value is -4.03. The summed E-state index contributed by atoms with van der Waals surface area (Å²) in [6.07, 6.45) is 8.19. The number of nitrogens with zero attached hydrogens (tertiary/aromatic N) is 6. The molecular weight excluding hydrogens is 743 g/mol. The first kappa shape index (κ1) is 41.6. The Morgan fingerprint density at radius 2 is 1.64 bits per heavy atom. The van der Waals surface area contributed by atoms with Gasteiger partial charge in [-0.3, -0.25) is 9.36 Å². The molecule has 6 rings (SSSR count). The minimum Gasteiger partial charge on any atom is -0.488 e. The molecule has 56 heavy (non-hydrogen) atoms. The molecule has 4 heterocycles. The molecule has 0 bridgehead atoms. The molecule has 1 saturated carbocycles. The molecule has 1 aliphatic rings. The van der Waals surface area contributed by atoms with Crippen LogP contribution in [0.2, 0.25) is 51.4 Å². The average molecular weight is 804 g/mol. The van der Waals surface area contributed by atoms with Crippen molar-refractivity contribution < 1.29 is 28.5 Å². The molecule has 5 aromatic rings. The van der Waals surface area contributed by atoms with Gasteiger partial charge in [0.25, 0.3) is 5.91 Å². The number of fused-ring (bicyclic) bond motifs is 3. The largest absolute Gasteiger partial charge is 0.488 e. The topological polar surface area (TPSA) is 128 Å². The molecule has 15 heteroatoms. The van der Waals surface area contributed by atoms with Gasteiger partial charge in [0.2, 0.25) is 5.88 Å². The lowest BCUT2D eigenvalue weighted by molar-refractivity contribution is -0.154. The van der Waals surface area contributed by atoms with Crippen molar-refractivity contribution in [3.63, 3.8) is 0 Å². The van der Waals surface area contributed by atoms with Crippen LogP contribution in [0.15, 0.2) is 48.9 Å².